The summed E-state index contributed by atoms with van der Waals surface area (Å²) in [6.07, 6.45) is 1.81. The lowest BCUT2D eigenvalue weighted by atomic mass is 10.1. The van der Waals surface area contributed by atoms with Crippen LogP contribution in [0.15, 0.2) is 22.7 Å². The van der Waals surface area contributed by atoms with Crippen molar-refractivity contribution in [2.75, 3.05) is 25.1 Å². The lowest BCUT2D eigenvalue weighted by Gasteiger charge is -2.23. The largest absolute Gasteiger partial charge is 0.381 e. The van der Waals surface area contributed by atoms with Crippen LogP contribution >= 0.6 is 15.9 Å². The fourth-order valence-corrected chi connectivity index (χ4v) is 2.46. The summed E-state index contributed by atoms with van der Waals surface area (Å²) in [5.41, 5.74) is 2.10. The van der Waals surface area contributed by atoms with E-state index in [2.05, 4.69) is 26.6 Å². The molecule has 1 aliphatic heterocycles. The second-order valence-electron chi connectivity index (χ2n) is 4.72. The van der Waals surface area contributed by atoms with Crippen LogP contribution in [0, 0.1) is 6.92 Å². The molecule has 1 amide bonds. The van der Waals surface area contributed by atoms with Gasteiger partial charge in [-0.1, -0.05) is 22.0 Å². The molecular formula is C14H19BrN2O2. The molecule has 2 rings (SSSR count). The third kappa shape index (κ3) is 4.21. The number of hydrogen-bond donors (Lipinski definition) is 2. The molecule has 0 atom stereocenters. The summed E-state index contributed by atoms with van der Waals surface area (Å²) in [7, 11) is 0. The van der Waals surface area contributed by atoms with E-state index in [4.69, 9.17) is 4.74 Å². The maximum absolute atomic E-state index is 11.9. The third-order valence-corrected chi connectivity index (χ3v) is 4.15. The molecule has 0 spiro atoms. The minimum absolute atomic E-state index is 0.0336. The number of nitrogens with one attached hydrogen (secondary N) is 2. The predicted molar refractivity (Wildman–Crippen MR) is 79.4 cm³/mol. The third-order valence-electron chi connectivity index (χ3n) is 3.29. The highest BCUT2D eigenvalue weighted by Gasteiger charge is 2.15. The van der Waals surface area contributed by atoms with Crippen LogP contribution in [-0.4, -0.2) is 31.7 Å². The molecule has 2 N–H and O–H groups in total. The number of rotatable bonds is 4. The number of amides is 1. The highest BCUT2D eigenvalue weighted by Crippen LogP contribution is 2.23. The summed E-state index contributed by atoms with van der Waals surface area (Å²) in [6, 6.07) is 6.17. The van der Waals surface area contributed by atoms with E-state index in [1.807, 2.05) is 25.1 Å². The Balaban J connectivity index is 1.81. The fraction of sp³-hybridized carbons (Fsp3) is 0.500. The van der Waals surface area contributed by atoms with Gasteiger partial charge >= 0.3 is 0 Å². The van der Waals surface area contributed by atoms with Crippen LogP contribution in [0.1, 0.15) is 18.4 Å². The summed E-state index contributed by atoms with van der Waals surface area (Å²) < 4.78 is 6.31. The smallest absolute Gasteiger partial charge is 0.239 e. The van der Waals surface area contributed by atoms with Crippen molar-refractivity contribution in [3.63, 3.8) is 0 Å². The van der Waals surface area contributed by atoms with Gasteiger partial charge in [0.05, 0.1) is 6.54 Å². The molecular weight excluding hydrogens is 308 g/mol. The molecule has 1 fully saturated rings. The summed E-state index contributed by atoms with van der Waals surface area (Å²) in [5.74, 6) is 0.0336. The van der Waals surface area contributed by atoms with Crippen molar-refractivity contribution in [1.82, 2.24) is 5.32 Å². The van der Waals surface area contributed by atoms with Gasteiger partial charge in [-0.2, -0.15) is 0 Å². The van der Waals surface area contributed by atoms with Gasteiger partial charge < -0.3 is 15.4 Å². The first-order valence-corrected chi connectivity index (χ1v) is 7.32. The average Bonchev–Trinajstić information content (AvgIpc) is 2.42. The van der Waals surface area contributed by atoms with E-state index in [9.17, 15) is 4.79 Å². The van der Waals surface area contributed by atoms with Gasteiger partial charge in [-0.15, -0.1) is 0 Å². The van der Waals surface area contributed by atoms with Crippen molar-refractivity contribution in [1.29, 1.82) is 0 Å². The molecule has 1 aromatic rings. The Morgan fingerprint density at radius 1 is 1.42 bits per heavy atom. The molecule has 1 aromatic carbocycles. The van der Waals surface area contributed by atoms with Gasteiger partial charge in [-0.3, -0.25) is 4.79 Å². The SMILES string of the molecule is Cc1c(Br)cccc1NCC(=O)NC1CCOCC1. The van der Waals surface area contributed by atoms with E-state index < -0.39 is 0 Å². The molecule has 1 aliphatic rings. The Bertz CT molecular complexity index is 445. The van der Waals surface area contributed by atoms with Crippen LogP contribution in [0.4, 0.5) is 5.69 Å². The first kappa shape index (κ1) is 14.3. The molecule has 0 saturated carbocycles. The Hall–Kier alpha value is -1.07. The maximum Gasteiger partial charge on any atom is 0.239 e. The summed E-state index contributed by atoms with van der Waals surface area (Å²) in [4.78, 5) is 11.9. The minimum atomic E-state index is 0.0336. The van der Waals surface area contributed by atoms with E-state index in [1.54, 1.807) is 0 Å². The molecule has 1 heterocycles. The number of hydrogen-bond acceptors (Lipinski definition) is 3. The van der Waals surface area contributed by atoms with Crippen molar-refractivity contribution >= 4 is 27.5 Å². The van der Waals surface area contributed by atoms with Gasteiger partial charge in [-0.05, 0) is 37.5 Å². The quantitative estimate of drug-likeness (QED) is 0.893. The van der Waals surface area contributed by atoms with Crippen molar-refractivity contribution in [3.05, 3.63) is 28.2 Å². The first-order valence-electron chi connectivity index (χ1n) is 6.53. The summed E-state index contributed by atoms with van der Waals surface area (Å²) in [6.45, 7) is 3.80. The van der Waals surface area contributed by atoms with Crippen LogP contribution in [0.2, 0.25) is 0 Å². The monoisotopic (exact) mass is 326 g/mol. The summed E-state index contributed by atoms with van der Waals surface area (Å²) in [5, 5.41) is 6.20. The molecule has 4 nitrogen and oxygen atoms in total. The second-order valence-corrected chi connectivity index (χ2v) is 5.57. The predicted octanol–water partition coefficient (Wildman–Crippen LogP) is 2.46. The zero-order valence-corrected chi connectivity index (χ0v) is 12.6. The lowest BCUT2D eigenvalue weighted by Crippen LogP contribution is -2.41. The van der Waals surface area contributed by atoms with Crippen LogP contribution in [0.3, 0.4) is 0 Å². The van der Waals surface area contributed by atoms with E-state index in [1.165, 1.54) is 0 Å². The number of benzene rings is 1. The van der Waals surface area contributed by atoms with Gasteiger partial charge in [0, 0.05) is 29.4 Å². The van der Waals surface area contributed by atoms with E-state index in [0.717, 1.165) is 41.8 Å². The topological polar surface area (TPSA) is 50.4 Å². The van der Waals surface area contributed by atoms with Crippen molar-refractivity contribution in [2.45, 2.75) is 25.8 Å². The first-order chi connectivity index (χ1) is 9.16. The zero-order valence-electron chi connectivity index (χ0n) is 11.0. The molecule has 19 heavy (non-hydrogen) atoms. The normalized spacial score (nSPS) is 16.1. The van der Waals surface area contributed by atoms with Gasteiger partial charge in [-0.25, -0.2) is 0 Å². The van der Waals surface area contributed by atoms with Crippen LogP contribution in [0.5, 0.6) is 0 Å². The molecule has 0 radical (unpaired) electrons. The van der Waals surface area contributed by atoms with Gasteiger partial charge in [0.15, 0.2) is 0 Å². The molecule has 0 aromatic heterocycles. The molecule has 0 bridgehead atoms. The van der Waals surface area contributed by atoms with Crippen LogP contribution < -0.4 is 10.6 Å². The maximum atomic E-state index is 11.9. The number of anilines is 1. The molecule has 1 saturated heterocycles. The number of ether oxygens (including phenoxy) is 1. The van der Waals surface area contributed by atoms with Crippen LogP contribution in [-0.2, 0) is 9.53 Å². The Morgan fingerprint density at radius 3 is 2.89 bits per heavy atom. The minimum Gasteiger partial charge on any atom is -0.381 e. The van der Waals surface area contributed by atoms with Crippen molar-refractivity contribution in [3.8, 4) is 0 Å². The Kier molecular flexibility index (Phi) is 5.22. The summed E-state index contributed by atoms with van der Waals surface area (Å²) >= 11 is 3.48. The Morgan fingerprint density at radius 2 is 2.16 bits per heavy atom. The number of carbonyl (C=O) groups excluding carboxylic acids is 1. The average molecular weight is 327 g/mol. The number of carbonyl (C=O) groups is 1. The highest BCUT2D eigenvalue weighted by molar-refractivity contribution is 9.10. The molecule has 0 aliphatic carbocycles. The van der Waals surface area contributed by atoms with E-state index in [-0.39, 0.29) is 11.9 Å². The van der Waals surface area contributed by atoms with Gasteiger partial charge in [0.1, 0.15) is 0 Å². The van der Waals surface area contributed by atoms with E-state index >= 15 is 0 Å². The van der Waals surface area contributed by atoms with Gasteiger partial charge in [0.2, 0.25) is 5.91 Å². The number of halogens is 1. The molecule has 5 heteroatoms. The second kappa shape index (κ2) is 6.91. The standard InChI is InChI=1S/C14H19BrN2O2/c1-10-12(15)3-2-4-13(10)16-9-14(18)17-11-5-7-19-8-6-11/h2-4,11,16H,5-9H2,1H3,(H,17,18). The molecule has 104 valence electrons. The van der Waals surface area contributed by atoms with Crippen LogP contribution in [0.25, 0.3) is 0 Å². The van der Waals surface area contributed by atoms with Crippen molar-refractivity contribution in [2.24, 2.45) is 0 Å². The Labute approximate surface area is 122 Å². The fourth-order valence-electron chi connectivity index (χ4n) is 2.10. The van der Waals surface area contributed by atoms with Gasteiger partial charge in [0.25, 0.3) is 0 Å². The van der Waals surface area contributed by atoms with E-state index in [0.29, 0.717) is 6.54 Å². The van der Waals surface area contributed by atoms with Crippen molar-refractivity contribution < 1.29 is 9.53 Å². The highest BCUT2D eigenvalue weighted by atomic mass is 79.9. The molecule has 0 unspecified atom stereocenters. The zero-order chi connectivity index (χ0) is 13.7. The lowest BCUT2D eigenvalue weighted by molar-refractivity contribution is -0.120.